The van der Waals surface area contributed by atoms with Crippen molar-refractivity contribution in [3.8, 4) is 0 Å². The minimum atomic E-state index is -0.567. The Hall–Kier alpha value is -2.08. The molecule has 0 aliphatic heterocycles. The van der Waals surface area contributed by atoms with Gasteiger partial charge in [-0.05, 0) is 11.1 Å². The standard InChI is InChI=1S/C11H16N4O2/c1-14(11(13)8-15(16)17)7-10-4-2-3-9(5-10)6-12/h2-5,8H,6-7,12-13H2,1H3. The number of nitrogens with zero attached hydrogens (tertiary/aromatic N) is 2. The summed E-state index contributed by atoms with van der Waals surface area (Å²) in [6.07, 6.45) is 0.785. The van der Waals surface area contributed by atoms with Gasteiger partial charge in [0, 0.05) is 20.1 Å². The fourth-order valence-electron chi connectivity index (χ4n) is 1.43. The molecule has 17 heavy (non-hydrogen) atoms. The zero-order valence-electron chi connectivity index (χ0n) is 9.67. The van der Waals surface area contributed by atoms with Gasteiger partial charge in [-0.2, -0.15) is 0 Å². The summed E-state index contributed by atoms with van der Waals surface area (Å²) in [6.45, 7) is 0.974. The highest BCUT2D eigenvalue weighted by atomic mass is 16.6. The van der Waals surface area contributed by atoms with Crippen LogP contribution in [-0.2, 0) is 13.1 Å². The molecule has 6 heteroatoms. The van der Waals surface area contributed by atoms with Gasteiger partial charge in [0.2, 0.25) is 0 Å². The van der Waals surface area contributed by atoms with Gasteiger partial charge in [0.05, 0.1) is 4.92 Å². The maximum atomic E-state index is 10.3. The van der Waals surface area contributed by atoms with E-state index in [0.717, 1.165) is 17.3 Å². The molecular weight excluding hydrogens is 220 g/mol. The van der Waals surface area contributed by atoms with Crippen LogP contribution in [0.2, 0.25) is 0 Å². The highest BCUT2D eigenvalue weighted by Gasteiger charge is 2.05. The normalized spacial score (nSPS) is 11.3. The van der Waals surface area contributed by atoms with Crippen LogP contribution in [0, 0.1) is 10.1 Å². The van der Waals surface area contributed by atoms with Crippen molar-refractivity contribution in [2.24, 2.45) is 11.5 Å². The van der Waals surface area contributed by atoms with Gasteiger partial charge in [0.25, 0.3) is 6.20 Å². The molecule has 0 heterocycles. The molecule has 0 aliphatic rings. The number of benzene rings is 1. The maximum Gasteiger partial charge on any atom is 0.274 e. The zero-order valence-corrected chi connectivity index (χ0v) is 9.67. The molecule has 92 valence electrons. The topological polar surface area (TPSA) is 98.4 Å². The van der Waals surface area contributed by atoms with Crippen molar-refractivity contribution in [1.29, 1.82) is 0 Å². The predicted molar refractivity (Wildman–Crippen MR) is 65.1 cm³/mol. The number of rotatable bonds is 5. The van der Waals surface area contributed by atoms with Gasteiger partial charge < -0.3 is 16.4 Å². The average molecular weight is 236 g/mol. The Morgan fingerprint density at radius 1 is 1.53 bits per heavy atom. The van der Waals surface area contributed by atoms with Crippen LogP contribution >= 0.6 is 0 Å². The Balaban J connectivity index is 2.73. The van der Waals surface area contributed by atoms with Crippen molar-refractivity contribution >= 4 is 0 Å². The molecule has 0 unspecified atom stereocenters. The molecule has 0 saturated carbocycles. The van der Waals surface area contributed by atoms with Crippen LogP contribution in [0.4, 0.5) is 0 Å². The van der Waals surface area contributed by atoms with Gasteiger partial charge in [-0.25, -0.2) is 0 Å². The first kappa shape index (κ1) is 13.0. The monoisotopic (exact) mass is 236 g/mol. The van der Waals surface area contributed by atoms with Crippen molar-refractivity contribution < 1.29 is 4.92 Å². The van der Waals surface area contributed by atoms with Gasteiger partial charge in [0.1, 0.15) is 0 Å². The van der Waals surface area contributed by atoms with Gasteiger partial charge in [-0.15, -0.1) is 0 Å². The summed E-state index contributed by atoms with van der Waals surface area (Å²) in [6, 6.07) is 7.71. The van der Waals surface area contributed by atoms with Gasteiger partial charge in [0.15, 0.2) is 5.82 Å². The second-order valence-corrected chi connectivity index (χ2v) is 3.72. The second kappa shape index (κ2) is 5.86. The third-order valence-corrected chi connectivity index (χ3v) is 2.33. The quantitative estimate of drug-likeness (QED) is 0.576. The van der Waals surface area contributed by atoms with E-state index < -0.39 is 4.92 Å². The first-order chi connectivity index (χ1) is 8.02. The van der Waals surface area contributed by atoms with E-state index in [1.165, 1.54) is 0 Å². The van der Waals surface area contributed by atoms with Gasteiger partial charge in [-0.1, -0.05) is 24.3 Å². The maximum absolute atomic E-state index is 10.3. The van der Waals surface area contributed by atoms with E-state index in [9.17, 15) is 10.1 Å². The van der Waals surface area contributed by atoms with Crippen molar-refractivity contribution in [2.45, 2.75) is 13.1 Å². The van der Waals surface area contributed by atoms with Crippen LogP contribution in [-0.4, -0.2) is 16.9 Å². The highest BCUT2D eigenvalue weighted by molar-refractivity contribution is 5.23. The van der Waals surface area contributed by atoms with Crippen LogP contribution < -0.4 is 11.5 Å². The summed E-state index contributed by atoms with van der Waals surface area (Å²) in [5.74, 6) is 0.119. The van der Waals surface area contributed by atoms with Crippen molar-refractivity contribution in [3.05, 3.63) is 57.5 Å². The highest BCUT2D eigenvalue weighted by Crippen LogP contribution is 2.08. The Morgan fingerprint density at radius 3 is 2.76 bits per heavy atom. The predicted octanol–water partition coefficient (Wildman–Crippen LogP) is 0.611. The zero-order chi connectivity index (χ0) is 12.8. The second-order valence-electron chi connectivity index (χ2n) is 3.72. The third-order valence-electron chi connectivity index (χ3n) is 2.33. The molecule has 1 aromatic carbocycles. The molecule has 0 aliphatic carbocycles. The molecule has 0 atom stereocenters. The van der Waals surface area contributed by atoms with E-state index in [2.05, 4.69) is 0 Å². The molecule has 0 saturated heterocycles. The minimum absolute atomic E-state index is 0.119. The lowest BCUT2D eigenvalue weighted by molar-refractivity contribution is -0.404. The summed E-state index contributed by atoms with van der Waals surface area (Å²) in [5, 5.41) is 10.3. The van der Waals surface area contributed by atoms with E-state index in [1.807, 2.05) is 24.3 Å². The van der Waals surface area contributed by atoms with Crippen LogP contribution in [0.3, 0.4) is 0 Å². The van der Waals surface area contributed by atoms with E-state index in [4.69, 9.17) is 11.5 Å². The van der Waals surface area contributed by atoms with Gasteiger partial charge in [-0.3, -0.25) is 10.1 Å². The summed E-state index contributed by atoms with van der Waals surface area (Å²) in [5.41, 5.74) is 13.1. The lowest BCUT2D eigenvalue weighted by atomic mass is 10.1. The van der Waals surface area contributed by atoms with Crippen LogP contribution in [0.25, 0.3) is 0 Å². The molecule has 0 amide bonds. The lowest BCUT2D eigenvalue weighted by Gasteiger charge is -2.17. The van der Waals surface area contributed by atoms with E-state index in [1.54, 1.807) is 11.9 Å². The van der Waals surface area contributed by atoms with E-state index >= 15 is 0 Å². The summed E-state index contributed by atoms with van der Waals surface area (Å²) in [7, 11) is 1.70. The number of nitrogens with two attached hydrogens (primary N) is 2. The largest absolute Gasteiger partial charge is 0.380 e. The molecule has 0 bridgehead atoms. The van der Waals surface area contributed by atoms with Crippen molar-refractivity contribution in [3.63, 3.8) is 0 Å². The average Bonchev–Trinajstić information content (AvgIpc) is 2.28. The fourth-order valence-corrected chi connectivity index (χ4v) is 1.43. The number of hydrogen-bond donors (Lipinski definition) is 2. The SMILES string of the molecule is CN(Cc1cccc(CN)c1)C(N)=C[N+](=O)[O-]. The van der Waals surface area contributed by atoms with E-state index in [-0.39, 0.29) is 5.82 Å². The van der Waals surface area contributed by atoms with Crippen LogP contribution in [0.15, 0.2) is 36.3 Å². The smallest absolute Gasteiger partial charge is 0.274 e. The third kappa shape index (κ3) is 4.12. The Bertz CT molecular complexity index is 431. The Morgan fingerprint density at radius 2 is 2.18 bits per heavy atom. The number of hydrogen-bond acceptors (Lipinski definition) is 5. The molecule has 0 spiro atoms. The fraction of sp³-hybridized carbons (Fsp3) is 0.273. The molecule has 1 aromatic rings. The summed E-state index contributed by atoms with van der Waals surface area (Å²) >= 11 is 0. The first-order valence-corrected chi connectivity index (χ1v) is 5.12. The molecule has 0 aromatic heterocycles. The molecular formula is C11H16N4O2. The Labute approximate surface area is 99.7 Å². The van der Waals surface area contributed by atoms with Crippen molar-refractivity contribution in [1.82, 2.24) is 4.90 Å². The lowest BCUT2D eigenvalue weighted by Crippen LogP contribution is -2.24. The molecule has 0 radical (unpaired) electrons. The van der Waals surface area contributed by atoms with Crippen LogP contribution in [0.5, 0.6) is 0 Å². The number of nitro groups is 1. The first-order valence-electron chi connectivity index (χ1n) is 5.12. The van der Waals surface area contributed by atoms with Crippen molar-refractivity contribution in [2.75, 3.05) is 7.05 Å². The van der Waals surface area contributed by atoms with Crippen LogP contribution in [0.1, 0.15) is 11.1 Å². The molecule has 0 fully saturated rings. The van der Waals surface area contributed by atoms with E-state index in [0.29, 0.717) is 13.1 Å². The summed E-state index contributed by atoms with van der Waals surface area (Å²) < 4.78 is 0. The molecule has 6 nitrogen and oxygen atoms in total. The Kier molecular flexibility index (Phi) is 4.47. The molecule has 1 rings (SSSR count). The minimum Gasteiger partial charge on any atom is -0.380 e. The van der Waals surface area contributed by atoms with Gasteiger partial charge >= 0.3 is 0 Å². The molecule has 4 N–H and O–H groups in total. The summed E-state index contributed by atoms with van der Waals surface area (Å²) in [4.78, 5) is 11.3.